The third-order valence-electron chi connectivity index (χ3n) is 3.81. The summed E-state index contributed by atoms with van der Waals surface area (Å²) in [7, 11) is 0.00432. The van der Waals surface area contributed by atoms with E-state index in [-0.39, 0.29) is 10.6 Å². The molecular weight excluding hydrogens is 441 g/mol. The molecule has 156 valence electrons. The smallest absolute Gasteiger partial charge is 0.255 e. The van der Waals surface area contributed by atoms with Crippen molar-refractivity contribution in [3.63, 3.8) is 0 Å². The van der Waals surface area contributed by atoms with Gasteiger partial charge in [-0.05, 0) is 24.3 Å². The molecule has 0 saturated carbocycles. The summed E-state index contributed by atoms with van der Waals surface area (Å²) < 4.78 is 36.7. The van der Waals surface area contributed by atoms with Crippen LogP contribution in [0, 0.1) is 0 Å². The minimum atomic E-state index is -4.03. The molecular formula is C18H19Cl2N3O5S. The Morgan fingerprint density at radius 1 is 1.17 bits per heavy atom. The highest BCUT2D eigenvalue weighted by Gasteiger charge is 2.27. The van der Waals surface area contributed by atoms with Crippen molar-refractivity contribution in [2.45, 2.75) is 4.90 Å². The standard InChI is InChI=1S/C18H19Cl2N3O5S/c1-23(29(25,26)17-9-12(27-2)7-8-16(17)28-3)11-18(24)22-21-10-13-14(19)5-4-6-15(13)20/h4-10H,11H2,1-3H3,(H,22,24)/b21-10+. The van der Waals surface area contributed by atoms with E-state index in [9.17, 15) is 13.2 Å². The molecule has 0 aliphatic carbocycles. The van der Waals surface area contributed by atoms with Crippen molar-refractivity contribution in [2.75, 3.05) is 27.8 Å². The fourth-order valence-electron chi connectivity index (χ4n) is 2.28. The number of methoxy groups -OCH3 is 2. The van der Waals surface area contributed by atoms with Crippen molar-refractivity contribution in [3.8, 4) is 11.5 Å². The molecule has 2 rings (SSSR count). The largest absolute Gasteiger partial charge is 0.497 e. The Kier molecular flexibility index (Phi) is 7.86. The highest BCUT2D eigenvalue weighted by molar-refractivity contribution is 7.89. The second-order valence-electron chi connectivity index (χ2n) is 5.71. The van der Waals surface area contributed by atoms with E-state index in [1.54, 1.807) is 24.3 Å². The van der Waals surface area contributed by atoms with E-state index >= 15 is 0 Å². The molecule has 0 saturated heterocycles. The number of benzene rings is 2. The van der Waals surface area contributed by atoms with Crippen molar-refractivity contribution in [3.05, 3.63) is 52.0 Å². The van der Waals surface area contributed by atoms with Crippen LogP contribution < -0.4 is 14.9 Å². The number of carbonyl (C=O) groups is 1. The highest BCUT2D eigenvalue weighted by Crippen LogP contribution is 2.30. The van der Waals surface area contributed by atoms with Gasteiger partial charge in [-0.2, -0.15) is 9.41 Å². The number of hydrogen-bond donors (Lipinski definition) is 1. The summed E-state index contributed by atoms with van der Waals surface area (Å²) in [4.78, 5) is 12.0. The first kappa shape index (κ1) is 23.0. The van der Waals surface area contributed by atoms with Crippen LogP contribution in [0.5, 0.6) is 11.5 Å². The maximum Gasteiger partial charge on any atom is 0.255 e. The van der Waals surface area contributed by atoms with Gasteiger partial charge in [-0.25, -0.2) is 13.8 Å². The molecule has 0 aliphatic rings. The minimum Gasteiger partial charge on any atom is -0.497 e. The number of ether oxygens (including phenoxy) is 2. The van der Waals surface area contributed by atoms with Crippen molar-refractivity contribution >= 4 is 45.3 Å². The van der Waals surface area contributed by atoms with Crippen LogP contribution in [0.2, 0.25) is 10.0 Å². The molecule has 0 spiro atoms. The molecule has 0 aromatic heterocycles. The van der Waals surface area contributed by atoms with Gasteiger partial charge < -0.3 is 9.47 Å². The lowest BCUT2D eigenvalue weighted by Crippen LogP contribution is -2.36. The Bertz CT molecular complexity index is 1010. The number of amides is 1. The second-order valence-corrected chi connectivity index (χ2v) is 8.53. The van der Waals surface area contributed by atoms with Gasteiger partial charge in [0.05, 0.1) is 37.0 Å². The van der Waals surface area contributed by atoms with Gasteiger partial charge in [0, 0.05) is 18.7 Å². The predicted molar refractivity (Wildman–Crippen MR) is 112 cm³/mol. The molecule has 11 heteroatoms. The second kappa shape index (κ2) is 9.93. The quantitative estimate of drug-likeness (QED) is 0.483. The molecule has 29 heavy (non-hydrogen) atoms. The van der Waals surface area contributed by atoms with Gasteiger partial charge in [0.2, 0.25) is 10.0 Å². The number of rotatable bonds is 8. The zero-order valence-corrected chi connectivity index (χ0v) is 18.2. The lowest BCUT2D eigenvalue weighted by molar-refractivity contribution is -0.121. The summed E-state index contributed by atoms with van der Waals surface area (Å²) >= 11 is 12.0. The maximum atomic E-state index is 12.8. The van der Waals surface area contributed by atoms with Crippen molar-refractivity contribution < 1.29 is 22.7 Å². The molecule has 1 amide bonds. The number of hydrazone groups is 1. The molecule has 0 bridgehead atoms. The molecule has 0 unspecified atom stereocenters. The van der Waals surface area contributed by atoms with Crippen LogP contribution in [0.3, 0.4) is 0 Å². The number of nitrogens with one attached hydrogen (secondary N) is 1. The van der Waals surface area contributed by atoms with E-state index in [1.807, 2.05) is 0 Å². The summed E-state index contributed by atoms with van der Waals surface area (Å²) in [6, 6.07) is 9.28. The third kappa shape index (κ3) is 5.60. The first-order valence-corrected chi connectivity index (χ1v) is 10.3. The molecule has 0 heterocycles. The van der Waals surface area contributed by atoms with Crippen LogP contribution in [0.4, 0.5) is 0 Å². The van der Waals surface area contributed by atoms with E-state index in [4.69, 9.17) is 32.7 Å². The third-order valence-corrected chi connectivity index (χ3v) is 6.29. The molecule has 0 aliphatic heterocycles. The maximum absolute atomic E-state index is 12.8. The van der Waals surface area contributed by atoms with E-state index in [2.05, 4.69) is 10.5 Å². The molecule has 0 atom stereocenters. The topological polar surface area (TPSA) is 97.3 Å². The Balaban J connectivity index is 2.12. The Morgan fingerprint density at radius 2 is 1.83 bits per heavy atom. The van der Waals surface area contributed by atoms with Crippen molar-refractivity contribution in [1.82, 2.24) is 9.73 Å². The normalized spacial score (nSPS) is 11.7. The average molecular weight is 460 g/mol. The molecule has 0 radical (unpaired) electrons. The fraction of sp³-hybridized carbons (Fsp3) is 0.222. The molecule has 2 aromatic carbocycles. The number of nitrogens with zero attached hydrogens (tertiary/aromatic N) is 2. The SMILES string of the molecule is COc1ccc(OC)c(S(=O)(=O)N(C)CC(=O)N/N=C/c2c(Cl)cccc2Cl)c1. The van der Waals surface area contributed by atoms with Gasteiger partial charge in [0.15, 0.2) is 0 Å². The van der Waals surface area contributed by atoms with E-state index in [0.717, 1.165) is 4.31 Å². The summed E-state index contributed by atoms with van der Waals surface area (Å²) in [5.41, 5.74) is 2.67. The molecule has 8 nitrogen and oxygen atoms in total. The number of hydrogen-bond acceptors (Lipinski definition) is 6. The van der Waals surface area contributed by atoms with Gasteiger partial charge in [0.1, 0.15) is 16.4 Å². The molecule has 2 aromatic rings. The summed E-state index contributed by atoms with van der Waals surface area (Å²) in [5, 5.41) is 4.50. The van der Waals surface area contributed by atoms with Crippen LogP contribution in [0.15, 0.2) is 46.4 Å². The van der Waals surface area contributed by atoms with E-state index < -0.39 is 22.5 Å². The van der Waals surface area contributed by atoms with E-state index in [0.29, 0.717) is 21.4 Å². The van der Waals surface area contributed by atoms with Crippen molar-refractivity contribution in [1.29, 1.82) is 0 Å². The average Bonchev–Trinajstić information content (AvgIpc) is 2.69. The molecule has 1 N–H and O–H groups in total. The van der Waals surface area contributed by atoms with Gasteiger partial charge in [-0.1, -0.05) is 29.3 Å². The zero-order valence-electron chi connectivity index (χ0n) is 15.8. The summed E-state index contributed by atoms with van der Waals surface area (Å²) in [5.74, 6) is -0.190. The fourth-order valence-corrected chi connectivity index (χ4v) is 4.07. The highest BCUT2D eigenvalue weighted by atomic mass is 35.5. The van der Waals surface area contributed by atoms with Crippen LogP contribution in [-0.2, 0) is 14.8 Å². The van der Waals surface area contributed by atoms with Crippen molar-refractivity contribution in [2.24, 2.45) is 5.10 Å². The number of carbonyl (C=O) groups excluding carboxylic acids is 1. The van der Waals surface area contributed by atoms with Gasteiger partial charge >= 0.3 is 0 Å². The first-order chi connectivity index (χ1) is 13.7. The van der Waals surface area contributed by atoms with Crippen LogP contribution in [-0.4, -0.2) is 52.7 Å². The van der Waals surface area contributed by atoms with Crippen LogP contribution >= 0.6 is 23.2 Å². The zero-order chi connectivity index (χ0) is 21.6. The van der Waals surface area contributed by atoms with Crippen LogP contribution in [0.1, 0.15) is 5.56 Å². The van der Waals surface area contributed by atoms with E-state index in [1.165, 1.54) is 39.6 Å². The summed E-state index contributed by atoms with van der Waals surface area (Å²) in [6.07, 6.45) is 1.28. The number of sulfonamides is 1. The number of halogens is 2. The van der Waals surface area contributed by atoms with Gasteiger partial charge in [-0.3, -0.25) is 4.79 Å². The van der Waals surface area contributed by atoms with Gasteiger partial charge in [-0.15, -0.1) is 0 Å². The Labute approximate surface area is 179 Å². The monoisotopic (exact) mass is 459 g/mol. The lowest BCUT2D eigenvalue weighted by atomic mass is 10.2. The minimum absolute atomic E-state index is 0.124. The predicted octanol–water partition coefficient (Wildman–Crippen LogP) is 2.78. The van der Waals surface area contributed by atoms with Gasteiger partial charge in [0.25, 0.3) is 5.91 Å². The summed E-state index contributed by atoms with van der Waals surface area (Å²) in [6.45, 7) is -0.476. The number of likely N-dealkylation sites (N-methyl/N-ethyl adjacent to an activating group) is 1. The van der Waals surface area contributed by atoms with Crippen LogP contribution in [0.25, 0.3) is 0 Å². The first-order valence-electron chi connectivity index (χ1n) is 8.15. The Morgan fingerprint density at radius 3 is 2.41 bits per heavy atom. The Hall–Kier alpha value is -2.33. The molecule has 0 fully saturated rings. The lowest BCUT2D eigenvalue weighted by Gasteiger charge is -2.18.